The molecule has 2 fully saturated rings. The average Bonchev–Trinajstić information content (AvgIpc) is 3.08. The lowest BCUT2D eigenvalue weighted by atomic mass is 10.0. The first-order valence-corrected chi connectivity index (χ1v) is 8.85. The van der Waals surface area contributed by atoms with Crippen LogP contribution in [0.3, 0.4) is 0 Å². The minimum absolute atomic E-state index is 0. The van der Waals surface area contributed by atoms with Gasteiger partial charge in [-0.1, -0.05) is 0 Å². The van der Waals surface area contributed by atoms with Crippen molar-refractivity contribution in [1.82, 2.24) is 9.62 Å². The molecule has 1 N–H and O–H groups in total. The van der Waals surface area contributed by atoms with E-state index >= 15 is 0 Å². The molecule has 1 aromatic rings. The third-order valence-electron chi connectivity index (χ3n) is 4.65. The Kier molecular flexibility index (Phi) is 5.45. The van der Waals surface area contributed by atoms with Gasteiger partial charge in [-0.15, -0.1) is 12.4 Å². The Labute approximate surface area is 143 Å². The zero-order chi connectivity index (χ0) is 15.9. The number of aryl methyl sites for hydroxylation is 1. The number of nitrogens with one attached hydrogen (secondary N) is 1. The van der Waals surface area contributed by atoms with Crippen molar-refractivity contribution in [3.63, 3.8) is 0 Å². The molecule has 0 aromatic heterocycles. The van der Waals surface area contributed by atoms with E-state index in [1.54, 1.807) is 30.5 Å². The van der Waals surface area contributed by atoms with Crippen LogP contribution in [-0.2, 0) is 10.0 Å². The predicted octanol–water partition coefficient (Wildman–Crippen LogP) is 1.27. The van der Waals surface area contributed by atoms with E-state index < -0.39 is 10.0 Å². The molecule has 6 nitrogen and oxygen atoms in total. The molecule has 0 aliphatic carbocycles. The summed E-state index contributed by atoms with van der Waals surface area (Å²) < 4.78 is 38.0. The molecule has 0 radical (unpaired) electrons. The van der Waals surface area contributed by atoms with Crippen LogP contribution in [0.15, 0.2) is 17.0 Å². The van der Waals surface area contributed by atoms with Crippen molar-refractivity contribution in [3.05, 3.63) is 17.7 Å². The fourth-order valence-electron chi connectivity index (χ4n) is 3.39. The molecule has 1 aromatic carbocycles. The molecule has 2 saturated heterocycles. The van der Waals surface area contributed by atoms with E-state index in [1.165, 1.54) is 7.11 Å². The predicted molar refractivity (Wildman–Crippen MR) is 90.1 cm³/mol. The van der Waals surface area contributed by atoms with E-state index in [0.29, 0.717) is 46.9 Å². The molecular formula is C15H23ClN2O4S. The van der Waals surface area contributed by atoms with Crippen LogP contribution in [0, 0.1) is 18.8 Å². The first-order valence-electron chi connectivity index (χ1n) is 7.41. The normalized spacial score (nSPS) is 24.1. The highest BCUT2D eigenvalue weighted by Gasteiger charge is 2.42. The van der Waals surface area contributed by atoms with E-state index in [0.717, 1.165) is 13.1 Å². The van der Waals surface area contributed by atoms with Crippen molar-refractivity contribution in [2.75, 3.05) is 40.4 Å². The van der Waals surface area contributed by atoms with Crippen LogP contribution in [0.5, 0.6) is 11.5 Å². The zero-order valence-electron chi connectivity index (χ0n) is 13.5. The van der Waals surface area contributed by atoms with Gasteiger partial charge in [-0.2, -0.15) is 4.31 Å². The van der Waals surface area contributed by atoms with Crippen molar-refractivity contribution in [3.8, 4) is 11.5 Å². The summed E-state index contributed by atoms with van der Waals surface area (Å²) in [7, 11) is -0.448. The average molecular weight is 363 g/mol. The first kappa shape index (κ1) is 18.3. The number of halogens is 1. The number of ether oxygens (including phenoxy) is 2. The molecule has 0 spiro atoms. The number of hydrogen-bond acceptors (Lipinski definition) is 5. The zero-order valence-corrected chi connectivity index (χ0v) is 15.2. The van der Waals surface area contributed by atoms with E-state index in [1.807, 2.05) is 0 Å². The Bertz CT molecular complexity index is 668. The van der Waals surface area contributed by atoms with Crippen LogP contribution in [0.4, 0.5) is 0 Å². The third kappa shape index (κ3) is 3.15. The Balaban J connectivity index is 0.00000192. The summed E-state index contributed by atoms with van der Waals surface area (Å²) in [4.78, 5) is 0.304. The molecular weight excluding hydrogens is 340 g/mol. The Morgan fingerprint density at radius 3 is 2.13 bits per heavy atom. The standard InChI is InChI=1S/C15H22N2O4S.ClH/c1-10-4-13(20-2)14(21-3)5-15(10)22(18,19)17-8-11-6-16-7-12(11)9-17;/h4-5,11-12,16H,6-9H2,1-3H3;1H/t11-,12+;. The molecule has 0 amide bonds. The summed E-state index contributed by atoms with van der Waals surface area (Å²) in [6, 6.07) is 3.28. The molecule has 2 aliphatic heterocycles. The molecule has 8 heteroatoms. The van der Waals surface area contributed by atoms with Gasteiger partial charge in [0.05, 0.1) is 19.1 Å². The van der Waals surface area contributed by atoms with Crippen LogP contribution in [-0.4, -0.2) is 53.1 Å². The number of hydrogen-bond donors (Lipinski definition) is 1. The highest BCUT2D eigenvalue weighted by Crippen LogP contribution is 2.36. The fourth-order valence-corrected chi connectivity index (χ4v) is 5.16. The van der Waals surface area contributed by atoms with Gasteiger partial charge in [-0.25, -0.2) is 8.42 Å². The smallest absolute Gasteiger partial charge is 0.243 e. The van der Waals surface area contributed by atoms with Crippen molar-refractivity contribution >= 4 is 22.4 Å². The van der Waals surface area contributed by atoms with Crippen molar-refractivity contribution in [2.45, 2.75) is 11.8 Å². The van der Waals surface area contributed by atoms with Crippen LogP contribution in [0.25, 0.3) is 0 Å². The van der Waals surface area contributed by atoms with Crippen LogP contribution >= 0.6 is 12.4 Å². The highest BCUT2D eigenvalue weighted by molar-refractivity contribution is 7.89. The number of fused-ring (bicyclic) bond motifs is 1. The fraction of sp³-hybridized carbons (Fsp3) is 0.600. The number of methoxy groups -OCH3 is 2. The van der Waals surface area contributed by atoms with Crippen LogP contribution < -0.4 is 14.8 Å². The van der Waals surface area contributed by atoms with Gasteiger partial charge in [-0.05, 0) is 43.5 Å². The van der Waals surface area contributed by atoms with Gasteiger partial charge in [0.15, 0.2) is 11.5 Å². The summed E-state index contributed by atoms with van der Waals surface area (Å²) in [5, 5.41) is 3.32. The van der Waals surface area contributed by atoms with Gasteiger partial charge in [0.1, 0.15) is 0 Å². The molecule has 23 heavy (non-hydrogen) atoms. The van der Waals surface area contributed by atoms with Crippen LogP contribution in [0.1, 0.15) is 5.56 Å². The van der Waals surface area contributed by atoms with E-state index in [9.17, 15) is 8.42 Å². The minimum atomic E-state index is -3.50. The van der Waals surface area contributed by atoms with E-state index in [-0.39, 0.29) is 12.4 Å². The summed E-state index contributed by atoms with van der Waals surface area (Å²) in [5.41, 5.74) is 0.674. The Morgan fingerprint density at radius 2 is 1.61 bits per heavy atom. The maximum atomic E-state index is 13.0. The van der Waals surface area contributed by atoms with Gasteiger partial charge >= 0.3 is 0 Å². The highest BCUT2D eigenvalue weighted by atomic mass is 35.5. The Morgan fingerprint density at radius 1 is 1.09 bits per heavy atom. The maximum Gasteiger partial charge on any atom is 0.243 e. The molecule has 2 aliphatic rings. The monoisotopic (exact) mass is 362 g/mol. The van der Waals surface area contributed by atoms with Gasteiger partial charge in [0.2, 0.25) is 10.0 Å². The molecule has 0 bridgehead atoms. The summed E-state index contributed by atoms with van der Waals surface area (Å²) >= 11 is 0. The second-order valence-electron chi connectivity index (χ2n) is 5.97. The molecule has 2 atom stereocenters. The quantitative estimate of drug-likeness (QED) is 0.873. The van der Waals surface area contributed by atoms with Crippen molar-refractivity contribution in [2.24, 2.45) is 11.8 Å². The SMILES string of the molecule is COc1cc(C)c(S(=O)(=O)N2C[C@H]3CNC[C@H]3C2)cc1OC.Cl. The number of rotatable bonds is 4. The van der Waals surface area contributed by atoms with Gasteiger partial charge < -0.3 is 14.8 Å². The summed E-state index contributed by atoms with van der Waals surface area (Å²) in [6.07, 6.45) is 0. The number of benzene rings is 1. The lowest BCUT2D eigenvalue weighted by Gasteiger charge is -2.20. The third-order valence-corrected chi connectivity index (χ3v) is 6.63. The van der Waals surface area contributed by atoms with Crippen LogP contribution in [0.2, 0.25) is 0 Å². The van der Waals surface area contributed by atoms with Crippen molar-refractivity contribution in [1.29, 1.82) is 0 Å². The van der Waals surface area contributed by atoms with Gasteiger partial charge in [0, 0.05) is 19.2 Å². The van der Waals surface area contributed by atoms with Gasteiger partial charge in [0.25, 0.3) is 0 Å². The first-order chi connectivity index (χ1) is 10.5. The molecule has 2 heterocycles. The lowest BCUT2D eigenvalue weighted by molar-refractivity contribution is 0.353. The van der Waals surface area contributed by atoms with E-state index in [4.69, 9.17) is 9.47 Å². The molecule has 0 unspecified atom stereocenters. The number of sulfonamides is 1. The van der Waals surface area contributed by atoms with Crippen molar-refractivity contribution < 1.29 is 17.9 Å². The topological polar surface area (TPSA) is 67.9 Å². The summed E-state index contributed by atoms with van der Waals surface area (Å²) in [5.74, 6) is 1.83. The second-order valence-corrected chi connectivity index (χ2v) is 7.88. The maximum absolute atomic E-state index is 13.0. The minimum Gasteiger partial charge on any atom is -0.493 e. The Hall–Kier alpha value is -1.02. The number of nitrogens with zero attached hydrogens (tertiary/aromatic N) is 1. The molecule has 130 valence electrons. The molecule has 3 rings (SSSR count). The lowest BCUT2D eigenvalue weighted by Crippen LogP contribution is -2.32. The molecule has 0 saturated carbocycles. The largest absolute Gasteiger partial charge is 0.493 e. The summed E-state index contributed by atoms with van der Waals surface area (Å²) in [6.45, 7) is 4.78. The van der Waals surface area contributed by atoms with E-state index in [2.05, 4.69) is 5.32 Å². The second kappa shape index (κ2) is 6.84. The van der Waals surface area contributed by atoms with Gasteiger partial charge in [-0.3, -0.25) is 0 Å².